The minimum absolute atomic E-state index is 0. The summed E-state index contributed by atoms with van der Waals surface area (Å²) in [5.74, 6) is 1.49. The summed E-state index contributed by atoms with van der Waals surface area (Å²) in [6, 6.07) is 11.8. The molecule has 0 spiro atoms. The van der Waals surface area contributed by atoms with Crippen molar-refractivity contribution in [2.45, 2.75) is 38.6 Å². The highest BCUT2D eigenvalue weighted by Crippen LogP contribution is 2.23. The normalized spacial score (nSPS) is 15.4. The summed E-state index contributed by atoms with van der Waals surface area (Å²) >= 11 is 0. The number of nitrogens with zero attached hydrogens (tertiary/aromatic N) is 4. The standard InChI is InChI=1S/C19H24N6.2ClH/c1-2-3-6-17-11-18(25-9-8-15(21)13-25)24-19(23-17)22-16-7-4-5-14(10-16)12-20;;/h4-5,7,10-11,15H,2-3,6,8-9,13,21H2,1H3,(H,22,23,24);2*1H. The Morgan fingerprint density at radius 3 is 2.78 bits per heavy atom. The maximum absolute atomic E-state index is 9.05. The molecule has 2 heterocycles. The number of hydrogen-bond acceptors (Lipinski definition) is 6. The third-order valence-corrected chi connectivity index (χ3v) is 4.35. The lowest BCUT2D eigenvalue weighted by molar-refractivity contribution is 0.750. The molecule has 0 saturated carbocycles. The average molecular weight is 409 g/mol. The second-order valence-electron chi connectivity index (χ2n) is 6.46. The number of nitriles is 1. The highest BCUT2D eigenvalue weighted by molar-refractivity contribution is 5.85. The number of anilines is 3. The number of benzene rings is 1. The van der Waals surface area contributed by atoms with Crippen LogP contribution in [0.2, 0.25) is 0 Å². The predicted octanol–water partition coefficient (Wildman–Crippen LogP) is 3.82. The maximum atomic E-state index is 9.05. The van der Waals surface area contributed by atoms with Gasteiger partial charge >= 0.3 is 0 Å². The van der Waals surface area contributed by atoms with Crippen LogP contribution < -0.4 is 16.0 Å². The smallest absolute Gasteiger partial charge is 0.229 e. The van der Waals surface area contributed by atoms with Gasteiger partial charge in [-0.05, 0) is 37.5 Å². The molecule has 6 nitrogen and oxygen atoms in total. The number of halogens is 2. The van der Waals surface area contributed by atoms with Gasteiger partial charge in [-0.2, -0.15) is 10.2 Å². The molecule has 1 aliphatic rings. The molecule has 1 atom stereocenters. The van der Waals surface area contributed by atoms with Crippen molar-refractivity contribution in [2.75, 3.05) is 23.3 Å². The van der Waals surface area contributed by atoms with E-state index in [0.717, 1.165) is 56.0 Å². The molecular formula is C19H26Cl2N6. The lowest BCUT2D eigenvalue weighted by Crippen LogP contribution is -2.27. The lowest BCUT2D eigenvalue weighted by atomic mass is 10.2. The van der Waals surface area contributed by atoms with E-state index in [2.05, 4.69) is 39.2 Å². The highest BCUT2D eigenvalue weighted by Gasteiger charge is 2.21. The Morgan fingerprint density at radius 1 is 1.30 bits per heavy atom. The molecule has 1 aromatic carbocycles. The van der Waals surface area contributed by atoms with E-state index < -0.39 is 0 Å². The zero-order chi connectivity index (χ0) is 17.6. The molecule has 3 N–H and O–H groups in total. The third kappa shape index (κ3) is 6.24. The van der Waals surface area contributed by atoms with Gasteiger partial charge in [0.1, 0.15) is 5.82 Å². The summed E-state index contributed by atoms with van der Waals surface area (Å²) in [4.78, 5) is 11.5. The molecule has 0 amide bonds. The molecule has 27 heavy (non-hydrogen) atoms. The van der Waals surface area contributed by atoms with Gasteiger partial charge in [-0.1, -0.05) is 19.4 Å². The first-order valence-corrected chi connectivity index (χ1v) is 8.83. The first-order chi connectivity index (χ1) is 12.2. The zero-order valence-corrected chi connectivity index (χ0v) is 17.0. The number of rotatable bonds is 6. The van der Waals surface area contributed by atoms with Crippen molar-refractivity contribution < 1.29 is 0 Å². The zero-order valence-electron chi connectivity index (χ0n) is 15.4. The van der Waals surface area contributed by atoms with Crippen LogP contribution in [0.3, 0.4) is 0 Å². The Bertz CT molecular complexity index is 777. The molecule has 146 valence electrons. The second-order valence-corrected chi connectivity index (χ2v) is 6.46. The van der Waals surface area contributed by atoms with Crippen LogP contribution >= 0.6 is 24.8 Å². The van der Waals surface area contributed by atoms with Gasteiger partial charge in [0.2, 0.25) is 5.95 Å². The van der Waals surface area contributed by atoms with Gasteiger partial charge in [0.15, 0.2) is 0 Å². The van der Waals surface area contributed by atoms with Gasteiger partial charge in [-0.25, -0.2) is 4.98 Å². The third-order valence-electron chi connectivity index (χ3n) is 4.35. The number of nitrogens with one attached hydrogen (secondary N) is 1. The van der Waals surface area contributed by atoms with Crippen LogP contribution in [0.25, 0.3) is 0 Å². The van der Waals surface area contributed by atoms with Crippen LogP contribution in [0, 0.1) is 11.3 Å². The van der Waals surface area contributed by atoms with Gasteiger partial charge in [-0.3, -0.25) is 0 Å². The van der Waals surface area contributed by atoms with Gasteiger partial charge in [0.05, 0.1) is 11.6 Å². The highest BCUT2D eigenvalue weighted by atomic mass is 35.5. The molecule has 8 heteroatoms. The number of unbranched alkanes of at least 4 members (excludes halogenated alkanes) is 1. The molecule has 3 rings (SSSR count). The van der Waals surface area contributed by atoms with Crippen LogP contribution in [-0.2, 0) is 6.42 Å². The van der Waals surface area contributed by atoms with Crippen molar-refractivity contribution >= 4 is 42.3 Å². The Balaban J connectivity index is 0.00000182. The molecule has 0 radical (unpaired) electrons. The van der Waals surface area contributed by atoms with E-state index in [1.165, 1.54) is 0 Å². The van der Waals surface area contributed by atoms with E-state index in [4.69, 9.17) is 11.0 Å². The largest absolute Gasteiger partial charge is 0.355 e. The van der Waals surface area contributed by atoms with Gasteiger partial charge in [0.25, 0.3) is 0 Å². The molecule has 1 aromatic heterocycles. The summed E-state index contributed by atoms with van der Waals surface area (Å²) < 4.78 is 0. The first kappa shape index (κ1) is 23.0. The Hall–Kier alpha value is -2.07. The number of aryl methyl sites for hydroxylation is 1. The molecule has 0 bridgehead atoms. The van der Waals surface area contributed by atoms with E-state index in [1.54, 1.807) is 12.1 Å². The minimum atomic E-state index is 0. The fourth-order valence-electron chi connectivity index (χ4n) is 2.98. The topological polar surface area (TPSA) is 90.9 Å². The second kappa shape index (κ2) is 10.9. The lowest BCUT2D eigenvalue weighted by Gasteiger charge is -2.19. The summed E-state index contributed by atoms with van der Waals surface area (Å²) in [5.41, 5.74) is 8.50. The summed E-state index contributed by atoms with van der Waals surface area (Å²) in [6.45, 7) is 3.93. The summed E-state index contributed by atoms with van der Waals surface area (Å²) in [5, 5.41) is 12.3. The monoisotopic (exact) mass is 408 g/mol. The Kier molecular flexibility index (Phi) is 9.30. The summed E-state index contributed by atoms with van der Waals surface area (Å²) in [7, 11) is 0. The van der Waals surface area contributed by atoms with E-state index in [-0.39, 0.29) is 30.9 Å². The average Bonchev–Trinajstić information content (AvgIpc) is 3.06. The Morgan fingerprint density at radius 2 is 2.11 bits per heavy atom. The summed E-state index contributed by atoms with van der Waals surface area (Å²) in [6.07, 6.45) is 4.14. The quantitative estimate of drug-likeness (QED) is 0.754. The number of hydrogen-bond donors (Lipinski definition) is 2. The maximum Gasteiger partial charge on any atom is 0.229 e. The molecule has 1 aliphatic heterocycles. The van der Waals surface area contributed by atoms with Crippen molar-refractivity contribution in [3.8, 4) is 6.07 Å². The van der Waals surface area contributed by atoms with Crippen LogP contribution in [-0.4, -0.2) is 29.1 Å². The number of nitrogens with two attached hydrogens (primary N) is 1. The van der Waals surface area contributed by atoms with Crippen LogP contribution in [0.4, 0.5) is 17.5 Å². The molecule has 1 unspecified atom stereocenters. The van der Waals surface area contributed by atoms with Gasteiger partial charge in [-0.15, -0.1) is 24.8 Å². The first-order valence-electron chi connectivity index (χ1n) is 8.83. The fraction of sp³-hybridized carbons (Fsp3) is 0.421. The molecule has 0 aliphatic carbocycles. The molecule has 1 saturated heterocycles. The van der Waals surface area contributed by atoms with Crippen LogP contribution in [0.15, 0.2) is 30.3 Å². The fourth-order valence-corrected chi connectivity index (χ4v) is 2.98. The van der Waals surface area contributed by atoms with E-state index in [1.807, 2.05) is 12.1 Å². The molecular weight excluding hydrogens is 383 g/mol. The van der Waals surface area contributed by atoms with Crippen LogP contribution in [0.5, 0.6) is 0 Å². The predicted molar refractivity (Wildman–Crippen MR) is 114 cm³/mol. The van der Waals surface area contributed by atoms with E-state index in [9.17, 15) is 0 Å². The molecule has 1 fully saturated rings. The SMILES string of the molecule is CCCCc1cc(N2CCC(N)C2)nc(Nc2cccc(C#N)c2)n1.Cl.Cl. The van der Waals surface area contributed by atoms with Crippen molar-refractivity contribution in [3.63, 3.8) is 0 Å². The van der Waals surface area contributed by atoms with E-state index in [0.29, 0.717) is 11.5 Å². The minimum Gasteiger partial charge on any atom is -0.355 e. The van der Waals surface area contributed by atoms with Gasteiger partial charge < -0.3 is 16.0 Å². The van der Waals surface area contributed by atoms with Crippen molar-refractivity contribution in [1.29, 1.82) is 5.26 Å². The van der Waals surface area contributed by atoms with Crippen molar-refractivity contribution in [3.05, 3.63) is 41.6 Å². The number of aromatic nitrogens is 2. The van der Waals surface area contributed by atoms with Crippen molar-refractivity contribution in [2.24, 2.45) is 5.73 Å². The van der Waals surface area contributed by atoms with Crippen LogP contribution in [0.1, 0.15) is 37.4 Å². The van der Waals surface area contributed by atoms with Gasteiger partial charge in [0, 0.05) is 36.6 Å². The molecule has 2 aromatic rings. The Labute approximate surface area is 173 Å². The van der Waals surface area contributed by atoms with E-state index >= 15 is 0 Å². The van der Waals surface area contributed by atoms with Crippen molar-refractivity contribution in [1.82, 2.24) is 9.97 Å².